The Labute approximate surface area is 315 Å². The Bertz CT molecular complexity index is 1330. The summed E-state index contributed by atoms with van der Waals surface area (Å²) in [4.78, 5) is 75.3. The second-order valence-corrected chi connectivity index (χ2v) is 12.5. The van der Waals surface area contributed by atoms with Gasteiger partial charge in [-0.1, -0.05) is 12.8 Å². The van der Waals surface area contributed by atoms with Crippen molar-refractivity contribution in [3.8, 4) is 0 Å². The summed E-state index contributed by atoms with van der Waals surface area (Å²) in [5.74, 6) is -2.22. The van der Waals surface area contributed by atoms with Gasteiger partial charge in [-0.25, -0.2) is 20.0 Å². The van der Waals surface area contributed by atoms with Gasteiger partial charge < -0.3 is 16.0 Å². The molecule has 0 radical (unpaired) electrons. The van der Waals surface area contributed by atoms with Crippen LogP contribution in [0.2, 0.25) is 0 Å². The smallest absolute Gasteiger partial charge is 0.331 e. The molecule has 0 spiro atoms. The van der Waals surface area contributed by atoms with Crippen molar-refractivity contribution < 1.29 is 44.4 Å². The Morgan fingerprint density at radius 1 is 0.673 bits per heavy atom. The zero-order valence-corrected chi connectivity index (χ0v) is 31.3. The number of thiocarbonyl (C=S) groups is 1. The molecule has 0 saturated heterocycles. The molecule has 0 fully saturated rings. The number of thiol groups is 1. The minimum absolute atomic E-state index is 0.0609. The summed E-state index contributed by atoms with van der Waals surface area (Å²) in [6.45, 7) is 2.76. The van der Waals surface area contributed by atoms with Gasteiger partial charge in [0.2, 0.25) is 29.5 Å². The molecule has 17 nitrogen and oxygen atoms in total. The fourth-order valence-corrected chi connectivity index (χ4v) is 4.82. The molecule has 52 heavy (non-hydrogen) atoms. The minimum Gasteiger partial charge on any atom is -0.356 e. The lowest BCUT2D eigenvalue weighted by Crippen LogP contribution is -2.31. The maximum absolute atomic E-state index is 12.3. The van der Waals surface area contributed by atoms with Crippen molar-refractivity contribution in [2.24, 2.45) is 4.99 Å². The van der Waals surface area contributed by atoms with E-state index in [1.165, 1.54) is 11.2 Å². The summed E-state index contributed by atoms with van der Waals surface area (Å²) >= 11 is 8.76. The summed E-state index contributed by atoms with van der Waals surface area (Å²) in [6.07, 6.45) is 4.91. The lowest BCUT2D eigenvalue weighted by atomic mass is 10.2. The molecule has 1 aromatic rings. The first-order valence-corrected chi connectivity index (χ1v) is 18.1. The third kappa shape index (κ3) is 21.9. The van der Waals surface area contributed by atoms with E-state index >= 15 is 0 Å². The van der Waals surface area contributed by atoms with Crippen molar-refractivity contribution in [2.75, 3.05) is 44.6 Å². The molecule has 1 aromatic carbocycles. The lowest BCUT2D eigenvalue weighted by molar-refractivity contribution is -0.166. The number of isothiocyanates is 1. The second-order valence-electron chi connectivity index (χ2n) is 11.9. The summed E-state index contributed by atoms with van der Waals surface area (Å²) < 4.78 is 1.23. The number of amides is 7. The largest absolute Gasteiger partial charge is 0.356 e. The number of carbonyl (C=O) groups excluding carboxylic acids is 6. The van der Waals surface area contributed by atoms with E-state index in [1.807, 2.05) is 0 Å². The van der Waals surface area contributed by atoms with Crippen LogP contribution < -0.4 is 16.0 Å². The molecule has 0 bridgehead atoms. The standard InChI is InChI=1S/C33H52N8O9S2/c1-26(42)38(48)21-7-2-5-19-34-29(43)15-17-31(45)39(49)22-8-3-6-20-35-30(44)16-18-32(46)40(50)23-9-4-10-24-41(52)33(47)37-28-13-11-27(12-14-28)36-25-51/h11-14,48-50,52H,2-10,15-24H2,1H3,(H,34,43)(H,35,44)(H,37,47). The predicted molar refractivity (Wildman–Crippen MR) is 198 cm³/mol. The molecule has 0 aliphatic heterocycles. The van der Waals surface area contributed by atoms with Crippen molar-refractivity contribution in [3.05, 3.63) is 24.3 Å². The van der Waals surface area contributed by atoms with E-state index in [4.69, 9.17) is 0 Å². The van der Waals surface area contributed by atoms with Crippen molar-refractivity contribution in [3.63, 3.8) is 0 Å². The highest BCUT2D eigenvalue weighted by molar-refractivity contribution is 7.78. The molecule has 0 atom stereocenters. The molecule has 0 heterocycles. The van der Waals surface area contributed by atoms with Crippen LogP contribution in [0.25, 0.3) is 0 Å². The van der Waals surface area contributed by atoms with Gasteiger partial charge in [0.15, 0.2) is 0 Å². The SMILES string of the molecule is CC(=O)N(O)CCCCCNC(=O)CCC(=O)N(O)CCCCCNC(=O)CCC(=O)N(O)CCCCCN(S)C(=O)Nc1ccc(N=C=S)cc1. The molecule has 0 aliphatic rings. The zero-order chi connectivity index (χ0) is 38.7. The number of urea groups is 1. The first-order valence-electron chi connectivity index (χ1n) is 17.3. The number of hydrogen-bond acceptors (Lipinski definition) is 12. The van der Waals surface area contributed by atoms with Crippen LogP contribution in [0.1, 0.15) is 90.4 Å². The maximum atomic E-state index is 12.3. The number of carbonyl (C=O) groups is 6. The Balaban J connectivity index is 2.05. The summed E-state index contributed by atoms with van der Waals surface area (Å²) in [5, 5.41) is 41.4. The van der Waals surface area contributed by atoms with Crippen LogP contribution in [-0.4, -0.2) is 115 Å². The number of benzene rings is 1. The Kier molecular flexibility index (Phi) is 24.3. The van der Waals surface area contributed by atoms with E-state index < -0.39 is 23.8 Å². The van der Waals surface area contributed by atoms with Gasteiger partial charge in [0.05, 0.1) is 10.8 Å². The van der Waals surface area contributed by atoms with E-state index in [1.54, 1.807) is 24.3 Å². The van der Waals surface area contributed by atoms with Gasteiger partial charge in [0, 0.05) is 77.6 Å². The number of rotatable bonds is 26. The van der Waals surface area contributed by atoms with E-state index in [9.17, 15) is 44.4 Å². The third-order valence-corrected chi connectivity index (χ3v) is 8.05. The highest BCUT2D eigenvalue weighted by atomic mass is 32.1. The minimum atomic E-state index is -0.574. The number of aliphatic imine (C=N–C) groups is 1. The van der Waals surface area contributed by atoms with Gasteiger partial charge in [-0.15, -0.1) is 0 Å². The van der Waals surface area contributed by atoms with Crippen LogP contribution in [0.5, 0.6) is 0 Å². The summed E-state index contributed by atoms with van der Waals surface area (Å²) in [6, 6.07) is 6.32. The molecule has 6 N–H and O–H groups in total. The number of nitrogens with zero attached hydrogens (tertiary/aromatic N) is 5. The third-order valence-electron chi connectivity index (χ3n) is 7.58. The maximum Gasteiger partial charge on any atom is 0.331 e. The normalized spacial score (nSPS) is 10.4. The van der Waals surface area contributed by atoms with Gasteiger partial charge >= 0.3 is 6.03 Å². The Morgan fingerprint density at radius 2 is 1.12 bits per heavy atom. The van der Waals surface area contributed by atoms with Gasteiger partial charge in [0.1, 0.15) is 0 Å². The summed E-state index contributed by atoms with van der Waals surface area (Å²) in [5.41, 5.74) is 1.19. The van der Waals surface area contributed by atoms with Gasteiger partial charge in [-0.3, -0.25) is 43.9 Å². The average Bonchev–Trinajstić information content (AvgIpc) is 3.12. The number of nitrogens with one attached hydrogen (secondary N) is 3. The Hall–Kier alpha value is -4.13. The highest BCUT2D eigenvalue weighted by Crippen LogP contribution is 2.16. The van der Waals surface area contributed by atoms with Crippen LogP contribution in [0, 0.1) is 0 Å². The van der Waals surface area contributed by atoms with Crippen LogP contribution >= 0.6 is 25.0 Å². The molecule has 7 amide bonds. The molecule has 0 aromatic heterocycles. The van der Waals surface area contributed by atoms with Crippen LogP contribution in [0.3, 0.4) is 0 Å². The molecule has 0 unspecified atom stereocenters. The predicted octanol–water partition coefficient (Wildman–Crippen LogP) is 4.08. The van der Waals surface area contributed by atoms with E-state index in [0.29, 0.717) is 104 Å². The molecule has 0 saturated carbocycles. The molecule has 290 valence electrons. The van der Waals surface area contributed by atoms with Gasteiger partial charge in [-0.05, 0) is 94.3 Å². The average molecular weight is 769 g/mol. The fraction of sp³-hybridized carbons (Fsp3) is 0.606. The van der Waals surface area contributed by atoms with Crippen molar-refractivity contribution in [1.82, 2.24) is 30.1 Å². The number of hydrogen-bond donors (Lipinski definition) is 7. The van der Waals surface area contributed by atoms with Crippen molar-refractivity contribution in [2.45, 2.75) is 90.4 Å². The number of unbranched alkanes of at least 4 members (excludes halogenated alkanes) is 6. The second kappa shape index (κ2) is 27.5. The molecule has 19 heteroatoms. The van der Waals surface area contributed by atoms with Crippen molar-refractivity contribution in [1.29, 1.82) is 0 Å². The Morgan fingerprint density at radius 3 is 1.58 bits per heavy atom. The van der Waals surface area contributed by atoms with E-state index in [0.717, 1.165) is 0 Å². The molecule has 1 rings (SSSR count). The first kappa shape index (κ1) is 45.9. The monoisotopic (exact) mass is 768 g/mol. The van der Waals surface area contributed by atoms with Crippen LogP contribution in [-0.2, 0) is 24.0 Å². The van der Waals surface area contributed by atoms with E-state index in [2.05, 4.69) is 51.1 Å². The van der Waals surface area contributed by atoms with Crippen LogP contribution in [0.15, 0.2) is 29.3 Å². The number of hydroxylamine groups is 6. The highest BCUT2D eigenvalue weighted by Gasteiger charge is 2.15. The molecule has 0 aliphatic carbocycles. The van der Waals surface area contributed by atoms with Gasteiger partial charge in [0.25, 0.3) is 0 Å². The fourth-order valence-electron chi connectivity index (χ4n) is 4.53. The van der Waals surface area contributed by atoms with E-state index in [-0.39, 0.29) is 57.1 Å². The number of anilines is 1. The summed E-state index contributed by atoms with van der Waals surface area (Å²) in [7, 11) is 0. The first-order chi connectivity index (χ1) is 24.8. The van der Waals surface area contributed by atoms with Crippen molar-refractivity contribution >= 4 is 77.1 Å². The quantitative estimate of drug-likeness (QED) is 0.0179. The molecular formula is C33H52N8O9S2. The zero-order valence-electron chi connectivity index (χ0n) is 29.6. The molecular weight excluding hydrogens is 717 g/mol. The van der Waals surface area contributed by atoms with Crippen LogP contribution in [0.4, 0.5) is 16.2 Å². The lowest BCUT2D eigenvalue weighted by Gasteiger charge is -2.17. The van der Waals surface area contributed by atoms with Gasteiger partial charge in [-0.2, -0.15) is 4.99 Å². The topological polar surface area (TPSA) is 225 Å².